The molecular weight excluding hydrogens is 1350 g/mol. The summed E-state index contributed by atoms with van der Waals surface area (Å²) in [7, 11) is 0. The van der Waals surface area contributed by atoms with E-state index < -0.39 is 11.7 Å². The lowest BCUT2D eigenvalue weighted by molar-refractivity contribution is -0.137. The zero-order chi connectivity index (χ0) is 75.2. The highest BCUT2D eigenvalue weighted by molar-refractivity contribution is 6.15. The summed E-state index contributed by atoms with van der Waals surface area (Å²) >= 11 is 0. The lowest BCUT2D eigenvalue weighted by Gasteiger charge is -2.21. The average molecular weight is 1390 g/mol. The Morgan fingerprint density at radius 2 is 0.657 bits per heavy atom. The molecule has 0 spiro atoms. The van der Waals surface area contributed by atoms with E-state index >= 15 is 13.2 Å². The van der Waals surface area contributed by atoms with Crippen LogP contribution in [0.1, 0.15) is 38.9 Å². The Kier molecular flexibility index (Phi) is 16.6. The molecule has 0 bridgehead atoms. The van der Waals surface area contributed by atoms with Gasteiger partial charge in [0.15, 0.2) is 51.6 Å². The van der Waals surface area contributed by atoms with Crippen LogP contribution in [0.2, 0.25) is 0 Å². The summed E-state index contributed by atoms with van der Waals surface area (Å²) in [4.78, 5) is 37.2. The van der Waals surface area contributed by atoms with Crippen molar-refractivity contribution in [3.05, 3.63) is 326 Å². The lowest BCUT2D eigenvalue weighted by Crippen LogP contribution is -2.08. The van der Waals surface area contributed by atoms with E-state index in [1.54, 1.807) is 95.6 Å². The van der Waals surface area contributed by atoms with Crippen LogP contribution in [0.25, 0.3) is 174 Å². The summed E-state index contributed by atoms with van der Waals surface area (Å²) in [5.41, 5.74) is 5.34. The molecule has 0 fully saturated rings. The molecular formula is C88H36F3N17. The van der Waals surface area contributed by atoms with Crippen LogP contribution >= 0.6 is 0 Å². The van der Waals surface area contributed by atoms with Crippen LogP contribution in [0.4, 0.5) is 47.3 Å². The number of benzene rings is 12. The maximum Gasteiger partial charge on any atom is 0.416 e. The number of alkyl halides is 3. The van der Waals surface area contributed by atoms with Gasteiger partial charge in [0.2, 0.25) is 0 Å². The maximum absolute atomic E-state index is 16.0. The van der Waals surface area contributed by atoms with Gasteiger partial charge in [-0.1, -0.05) is 103 Å². The normalized spacial score (nSPS) is 10.8. The third kappa shape index (κ3) is 11.3. The van der Waals surface area contributed by atoms with E-state index in [0.29, 0.717) is 99.9 Å². The Balaban J connectivity index is 1.09. The first-order valence-corrected chi connectivity index (χ1v) is 32.4. The van der Waals surface area contributed by atoms with Crippen molar-refractivity contribution in [3.8, 4) is 138 Å². The first-order chi connectivity index (χ1) is 52.6. The van der Waals surface area contributed by atoms with Gasteiger partial charge in [-0.3, -0.25) is 0 Å². The molecule has 0 aliphatic rings. The zero-order valence-corrected chi connectivity index (χ0v) is 55.5. The summed E-state index contributed by atoms with van der Waals surface area (Å²) in [6.45, 7) is 48.7. The van der Waals surface area contributed by atoms with Crippen LogP contribution in [0.3, 0.4) is 0 Å². The second kappa shape index (κ2) is 26.8. The van der Waals surface area contributed by atoms with Crippen molar-refractivity contribution >= 4 is 77.7 Å². The molecule has 0 saturated carbocycles. The van der Waals surface area contributed by atoms with Crippen LogP contribution in [-0.4, -0.2) is 24.1 Å². The number of nitriles is 6. The zero-order valence-electron chi connectivity index (χ0n) is 55.5. The topological polar surface area (TPSA) is 217 Å². The first-order valence-electron chi connectivity index (χ1n) is 32.4. The molecule has 3 aromatic heterocycles. The Labute approximate surface area is 612 Å². The van der Waals surface area contributed by atoms with Gasteiger partial charge in [0.1, 0.15) is 0 Å². The second-order valence-corrected chi connectivity index (χ2v) is 24.6. The molecule has 0 amide bonds. The lowest BCUT2D eigenvalue weighted by atomic mass is 9.93. The minimum Gasteiger partial charge on any atom is -0.309 e. The SMILES string of the molecule is [C-]#[N+]c1cc(C#N)c(-c2ccc3c(c2)c2cc(-c4c(C#N)cc([N+]#[C-])cc4[N+]#[C-])ccc2n3-c2ccc(-c3nc(-c4ccccc4)nc(-c4ccccc4)n3)cc2-c2ccc(C(F)(F)F)cc2-n2c3ccc(-c4c(C#N)cc(C#N)cc4[N+]#[C-])cc3c3cc(-c4c(C#N)cc(C#N)cc4[N+]#[C-])ccc32)c([N+]#[C-])c1. The number of aromatic nitrogens is 5. The predicted molar refractivity (Wildman–Crippen MR) is 403 cm³/mol. The fourth-order valence-corrected chi connectivity index (χ4v) is 14.0. The summed E-state index contributed by atoms with van der Waals surface area (Å²) in [6, 6.07) is 71.2. The van der Waals surface area contributed by atoms with Crippen LogP contribution in [0, 0.1) is 107 Å². The van der Waals surface area contributed by atoms with E-state index in [0.717, 1.165) is 12.1 Å². The van der Waals surface area contributed by atoms with Crippen molar-refractivity contribution in [2.75, 3.05) is 0 Å². The van der Waals surface area contributed by atoms with Gasteiger partial charge in [-0.2, -0.15) is 44.7 Å². The Morgan fingerprint density at radius 1 is 0.306 bits per heavy atom. The number of rotatable bonds is 10. The van der Waals surface area contributed by atoms with Crippen molar-refractivity contribution in [1.29, 1.82) is 31.6 Å². The van der Waals surface area contributed by atoms with E-state index in [4.69, 9.17) is 54.4 Å². The molecule has 0 aliphatic carbocycles. The first kappa shape index (κ1) is 66.8. The monoisotopic (exact) mass is 1390 g/mol. The van der Waals surface area contributed by atoms with Gasteiger partial charge in [-0.25, -0.2) is 44.0 Å². The predicted octanol–water partition coefficient (Wildman–Crippen LogP) is 23.0. The number of nitrogens with zero attached hydrogens (tertiary/aromatic N) is 17. The summed E-state index contributed by atoms with van der Waals surface area (Å²) in [6.07, 6.45) is -4.98. The number of hydrogen-bond acceptors (Lipinski definition) is 9. The highest BCUT2D eigenvalue weighted by atomic mass is 19.4. The molecule has 0 N–H and O–H groups in total. The van der Waals surface area contributed by atoms with Gasteiger partial charge in [0.25, 0.3) is 0 Å². The Bertz CT molecular complexity index is 6580. The van der Waals surface area contributed by atoms with Crippen LogP contribution in [0.5, 0.6) is 0 Å². The van der Waals surface area contributed by atoms with Gasteiger partial charge in [0, 0.05) is 93.9 Å². The standard InChI is InChI=1S/C88H36F3N17/c1-98-63-33-60(47-96)83(73(41-63)102-5)55-17-24-76-67(37-55)68-38-56(84-61(48-97)34-64(99-2)42-74(84)103-6)18-25-77(68)107(76)75-28-21-57(87-105-85(51-13-9-7-10-14-51)104-86(106-87)52-15-11-8-12-16-52)39-66(75)65-23-22-62(88(89,90)91)40-80(65)108-78-26-19-53(81-58(45-94)29-49(43-92)31-71(81)100-3)35-69(78)70-36-54(20-27-79(70)108)82-59(46-95)30-50(44-93)32-72(82)101-4/h7-42H. The Morgan fingerprint density at radius 3 is 1.01 bits per heavy atom. The minimum absolute atomic E-state index is 0.0117. The fraction of sp³-hybridized carbons (Fsp3) is 0.0114. The van der Waals surface area contributed by atoms with Gasteiger partial charge >= 0.3 is 6.18 Å². The van der Waals surface area contributed by atoms with Crippen molar-refractivity contribution in [2.45, 2.75) is 6.18 Å². The quantitative estimate of drug-likeness (QED) is 0.119. The molecule has 20 heteroatoms. The molecule has 0 unspecified atom stereocenters. The summed E-state index contributed by atoms with van der Waals surface area (Å²) in [5, 5.41) is 64.3. The molecule has 0 atom stereocenters. The van der Waals surface area contributed by atoms with Crippen molar-refractivity contribution in [2.24, 2.45) is 0 Å². The van der Waals surface area contributed by atoms with Crippen molar-refractivity contribution in [1.82, 2.24) is 24.1 Å². The van der Waals surface area contributed by atoms with E-state index in [2.05, 4.69) is 53.3 Å². The van der Waals surface area contributed by atoms with Gasteiger partial charge in [-0.05, 0) is 138 Å². The molecule has 0 saturated heterocycles. The van der Waals surface area contributed by atoms with Crippen LogP contribution < -0.4 is 0 Å². The number of hydrogen-bond donors (Lipinski definition) is 0. The third-order valence-corrected chi connectivity index (χ3v) is 18.7. The van der Waals surface area contributed by atoms with E-state index in [1.165, 1.54) is 54.6 Å². The molecule has 12 aromatic carbocycles. The number of halogens is 3. The summed E-state index contributed by atoms with van der Waals surface area (Å²) < 4.78 is 51.7. The molecule has 108 heavy (non-hydrogen) atoms. The Hall–Kier alpha value is -17.1. The summed E-state index contributed by atoms with van der Waals surface area (Å²) in [5.74, 6) is 0.756. The highest BCUT2D eigenvalue weighted by Crippen LogP contribution is 2.50. The van der Waals surface area contributed by atoms with Crippen LogP contribution in [0.15, 0.2) is 218 Å². The maximum atomic E-state index is 16.0. The van der Waals surface area contributed by atoms with Crippen molar-refractivity contribution < 1.29 is 13.2 Å². The highest BCUT2D eigenvalue weighted by Gasteiger charge is 2.34. The van der Waals surface area contributed by atoms with E-state index in [-0.39, 0.29) is 112 Å². The largest absolute Gasteiger partial charge is 0.416 e. The van der Waals surface area contributed by atoms with Gasteiger partial charge < -0.3 is 9.13 Å². The molecule has 0 aliphatic heterocycles. The van der Waals surface area contributed by atoms with Gasteiger partial charge in [0.05, 0.1) is 126 Å². The van der Waals surface area contributed by atoms with E-state index in [1.807, 2.05) is 77.4 Å². The smallest absolute Gasteiger partial charge is 0.309 e. The van der Waals surface area contributed by atoms with Gasteiger partial charge in [-0.15, -0.1) is 0 Å². The molecule has 17 nitrogen and oxygen atoms in total. The number of fused-ring (bicyclic) bond motifs is 6. The van der Waals surface area contributed by atoms with E-state index in [9.17, 15) is 31.6 Å². The molecule has 3 heterocycles. The third-order valence-electron chi connectivity index (χ3n) is 18.7. The second-order valence-electron chi connectivity index (χ2n) is 24.6. The van der Waals surface area contributed by atoms with Crippen molar-refractivity contribution in [3.63, 3.8) is 0 Å². The van der Waals surface area contributed by atoms with Crippen LogP contribution in [-0.2, 0) is 6.18 Å². The minimum atomic E-state index is -4.98. The molecule has 0 radical (unpaired) electrons. The molecule has 494 valence electrons. The molecule has 15 aromatic rings. The molecule has 15 rings (SSSR count). The average Bonchev–Trinajstić information content (AvgIpc) is 1.59. The fourth-order valence-electron chi connectivity index (χ4n) is 14.0.